The molecule has 1 amide bonds. The summed E-state index contributed by atoms with van der Waals surface area (Å²) in [5.74, 6) is 1.02. The fourth-order valence-corrected chi connectivity index (χ4v) is 1.93. The molecule has 6 heteroatoms. The highest BCUT2D eigenvalue weighted by atomic mass is 16.2. The molecule has 0 aliphatic carbocycles. The van der Waals surface area contributed by atoms with Gasteiger partial charge in [0.15, 0.2) is 5.96 Å². The minimum absolute atomic E-state index is 0.181. The monoisotopic (exact) mass is 225 g/mol. The third-order valence-electron chi connectivity index (χ3n) is 2.86. The number of nitrogens with one attached hydrogen (secondary N) is 2. The highest BCUT2D eigenvalue weighted by Crippen LogP contribution is 1.97. The fourth-order valence-electron chi connectivity index (χ4n) is 1.93. The highest BCUT2D eigenvalue weighted by molar-refractivity contribution is 5.87. The van der Waals surface area contributed by atoms with E-state index in [0.29, 0.717) is 6.54 Å². The van der Waals surface area contributed by atoms with Gasteiger partial charge >= 0.3 is 0 Å². The van der Waals surface area contributed by atoms with E-state index in [0.717, 1.165) is 45.2 Å². The summed E-state index contributed by atoms with van der Waals surface area (Å²) in [6.07, 6.45) is 0. The van der Waals surface area contributed by atoms with E-state index in [1.165, 1.54) is 0 Å². The van der Waals surface area contributed by atoms with Crippen molar-refractivity contribution < 1.29 is 4.79 Å². The predicted molar refractivity (Wildman–Crippen MR) is 62.4 cm³/mol. The molecule has 1 saturated heterocycles. The first kappa shape index (κ1) is 11.2. The molecule has 2 heterocycles. The van der Waals surface area contributed by atoms with Crippen LogP contribution in [0.3, 0.4) is 0 Å². The first-order valence-corrected chi connectivity index (χ1v) is 5.75. The van der Waals surface area contributed by atoms with E-state index in [4.69, 9.17) is 0 Å². The van der Waals surface area contributed by atoms with Crippen LogP contribution in [0, 0.1) is 0 Å². The second kappa shape index (κ2) is 5.16. The van der Waals surface area contributed by atoms with Crippen molar-refractivity contribution in [2.45, 2.75) is 0 Å². The number of hydrogen-bond donors (Lipinski definition) is 2. The Kier molecular flexibility index (Phi) is 3.61. The van der Waals surface area contributed by atoms with Gasteiger partial charge in [-0.2, -0.15) is 0 Å². The normalized spacial score (nSPS) is 20.3. The first-order valence-electron chi connectivity index (χ1n) is 5.75. The summed E-state index contributed by atoms with van der Waals surface area (Å²) in [6, 6.07) is 0. The molecule has 0 spiro atoms. The van der Waals surface area contributed by atoms with Gasteiger partial charge in [-0.25, -0.2) is 0 Å². The molecule has 0 saturated carbocycles. The van der Waals surface area contributed by atoms with Crippen molar-refractivity contribution in [2.24, 2.45) is 4.99 Å². The number of rotatable bonds is 2. The van der Waals surface area contributed by atoms with Gasteiger partial charge < -0.3 is 20.4 Å². The molecule has 2 aliphatic heterocycles. The van der Waals surface area contributed by atoms with Crippen molar-refractivity contribution >= 4 is 11.9 Å². The Hall–Kier alpha value is -1.30. The Balaban J connectivity index is 1.81. The van der Waals surface area contributed by atoms with Crippen LogP contribution in [-0.4, -0.2) is 74.5 Å². The lowest BCUT2D eigenvalue weighted by atomic mass is 10.3. The molecular formula is C10H19N5O. The van der Waals surface area contributed by atoms with Crippen molar-refractivity contribution in [1.82, 2.24) is 20.4 Å². The molecule has 0 bridgehead atoms. The van der Waals surface area contributed by atoms with Crippen molar-refractivity contribution in [3.63, 3.8) is 0 Å². The summed E-state index contributed by atoms with van der Waals surface area (Å²) in [7, 11) is 1.90. The largest absolute Gasteiger partial charge is 0.354 e. The number of nitrogens with zero attached hydrogens (tertiary/aromatic N) is 3. The minimum atomic E-state index is 0.181. The van der Waals surface area contributed by atoms with Gasteiger partial charge in [0.2, 0.25) is 5.91 Å². The zero-order valence-electron chi connectivity index (χ0n) is 9.70. The van der Waals surface area contributed by atoms with E-state index >= 15 is 0 Å². The van der Waals surface area contributed by atoms with Gasteiger partial charge in [0, 0.05) is 39.8 Å². The SMILES string of the molecule is CN(CC(=O)N1CCNCC1)C1=NCCN1. The summed E-state index contributed by atoms with van der Waals surface area (Å²) < 4.78 is 0. The van der Waals surface area contributed by atoms with E-state index in [1.54, 1.807) is 0 Å². The van der Waals surface area contributed by atoms with E-state index in [9.17, 15) is 4.79 Å². The second-order valence-corrected chi connectivity index (χ2v) is 4.12. The maximum atomic E-state index is 11.9. The third kappa shape index (κ3) is 2.63. The van der Waals surface area contributed by atoms with Crippen molar-refractivity contribution in [3.8, 4) is 0 Å². The number of carbonyl (C=O) groups excluding carboxylic acids is 1. The van der Waals surface area contributed by atoms with Gasteiger partial charge in [-0.05, 0) is 0 Å². The third-order valence-corrected chi connectivity index (χ3v) is 2.86. The van der Waals surface area contributed by atoms with Gasteiger partial charge in [0.1, 0.15) is 0 Å². The Labute approximate surface area is 95.7 Å². The quantitative estimate of drug-likeness (QED) is 0.589. The number of aliphatic imine (C=N–C) groups is 1. The molecule has 0 aromatic rings. The standard InChI is InChI=1S/C10H19N5O/c1-14(10-12-2-3-13-10)8-9(16)15-6-4-11-5-7-15/h11H,2-8H2,1H3,(H,12,13). The van der Waals surface area contributed by atoms with Crippen LogP contribution in [0.1, 0.15) is 0 Å². The van der Waals surface area contributed by atoms with Crippen molar-refractivity contribution in [1.29, 1.82) is 0 Å². The van der Waals surface area contributed by atoms with Gasteiger partial charge in [-0.3, -0.25) is 9.79 Å². The summed E-state index contributed by atoms with van der Waals surface area (Å²) in [6.45, 7) is 5.51. The summed E-state index contributed by atoms with van der Waals surface area (Å²) in [5, 5.41) is 6.39. The molecule has 2 rings (SSSR count). The van der Waals surface area contributed by atoms with Crippen molar-refractivity contribution in [2.75, 3.05) is 52.9 Å². The Morgan fingerprint density at radius 1 is 1.44 bits per heavy atom. The Bertz CT molecular complexity index is 285. The molecule has 0 aromatic carbocycles. The Morgan fingerprint density at radius 3 is 2.81 bits per heavy atom. The zero-order chi connectivity index (χ0) is 11.4. The number of carbonyl (C=O) groups is 1. The van der Waals surface area contributed by atoms with Crippen LogP contribution in [-0.2, 0) is 4.79 Å². The topological polar surface area (TPSA) is 60.0 Å². The van der Waals surface area contributed by atoms with Crippen LogP contribution in [0.15, 0.2) is 4.99 Å². The predicted octanol–water partition coefficient (Wildman–Crippen LogP) is -1.69. The lowest BCUT2D eigenvalue weighted by molar-refractivity contribution is -0.131. The molecule has 1 fully saturated rings. The number of amides is 1. The van der Waals surface area contributed by atoms with E-state index in [1.807, 2.05) is 16.8 Å². The Morgan fingerprint density at radius 2 is 2.19 bits per heavy atom. The van der Waals surface area contributed by atoms with Crippen LogP contribution in [0.4, 0.5) is 0 Å². The minimum Gasteiger partial charge on any atom is -0.354 e. The van der Waals surface area contributed by atoms with Crippen LogP contribution in [0.5, 0.6) is 0 Å². The van der Waals surface area contributed by atoms with E-state index < -0.39 is 0 Å². The van der Waals surface area contributed by atoms with E-state index in [2.05, 4.69) is 15.6 Å². The summed E-state index contributed by atoms with van der Waals surface area (Å²) >= 11 is 0. The van der Waals surface area contributed by atoms with Gasteiger partial charge in [0.25, 0.3) is 0 Å². The lowest BCUT2D eigenvalue weighted by Crippen LogP contribution is -2.50. The van der Waals surface area contributed by atoms with Crippen LogP contribution in [0.25, 0.3) is 0 Å². The average Bonchev–Trinajstić information content (AvgIpc) is 2.83. The number of piperazine rings is 1. The molecule has 0 radical (unpaired) electrons. The molecular weight excluding hydrogens is 206 g/mol. The van der Waals surface area contributed by atoms with Gasteiger partial charge in [0.05, 0.1) is 13.1 Å². The number of hydrogen-bond acceptors (Lipinski definition) is 5. The molecule has 90 valence electrons. The van der Waals surface area contributed by atoms with Crippen LogP contribution < -0.4 is 10.6 Å². The van der Waals surface area contributed by atoms with Crippen LogP contribution in [0.2, 0.25) is 0 Å². The smallest absolute Gasteiger partial charge is 0.242 e. The second-order valence-electron chi connectivity index (χ2n) is 4.12. The molecule has 2 aliphatic rings. The molecule has 0 aromatic heterocycles. The summed E-state index contributed by atoms with van der Waals surface area (Å²) in [4.78, 5) is 20.0. The van der Waals surface area contributed by atoms with Crippen molar-refractivity contribution in [3.05, 3.63) is 0 Å². The van der Waals surface area contributed by atoms with Crippen LogP contribution >= 0.6 is 0 Å². The van der Waals surface area contributed by atoms with E-state index in [-0.39, 0.29) is 5.91 Å². The summed E-state index contributed by atoms with van der Waals surface area (Å²) in [5.41, 5.74) is 0. The maximum absolute atomic E-state index is 11.9. The molecule has 0 unspecified atom stereocenters. The maximum Gasteiger partial charge on any atom is 0.242 e. The highest BCUT2D eigenvalue weighted by Gasteiger charge is 2.19. The molecule has 16 heavy (non-hydrogen) atoms. The number of guanidine groups is 1. The molecule has 0 atom stereocenters. The number of likely N-dealkylation sites (N-methyl/N-ethyl adjacent to an activating group) is 1. The first-order chi connectivity index (χ1) is 7.77. The average molecular weight is 225 g/mol. The fraction of sp³-hybridized carbons (Fsp3) is 0.800. The van der Waals surface area contributed by atoms with Gasteiger partial charge in [-0.15, -0.1) is 0 Å². The lowest BCUT2D eigenvalue weighted by Gasteiger charge is -2.29. The zero-order valence-corrected chi connectivity index (χ0v) is 9.70. The molecule has 6 nitrogen and oxygen atoms in total. The molecule has 2 N–H and O–H groups in total. The van der Waals surface area contributed by atoms with Gasteiger partial charge in [-0.1, -0.05) is 0 Å².